The van der Waals surface area contributed by atoms with Gasteiger partial charge in [-0.2, -0.15) is 0 Å². The van der Waals surface area contributed by atoms with Crippen LogP contribution in [-0.2, 0) is 4.79 Å². The van der Waals surface area contributed by atoms with Crippen LogP contribution in [0, 0.1) is 22.7 Å². The molecule has 1 heterocycles. The molecule has 0 aromatic heterocycles. The van der Waals surface area contributed by atoms with Crippen molar-refractivity contribution in [2.75, 3.05) is 19.6 Å². The Kier molecular flexibility index (Phi) is 3.80. The highest BCUT2D eigenvalue weighted by molar-refractivity contribution is 5.74. The van der Waals surface area contributed by atoms with E-state index in [9.17, 15) is 9.59 Å². The minimum atomic E-state index is -0.00886. The van der Waals surface area contributed by atoms with Gasteiger partial charge in [0.25, 0.3) is 0 Å². The van der Waals surface area contributed by atoms with E-state index in [2.05, 4.69) is 31.1 Å². The normalized spacial score (nSPS) is 38.9. The van der Waals surface area contributed by atoms with Crippen molar-refractivity contribution in [1.82, 2.24) is 10.2 Å². The highest BCUT2D eigenvalue weighted by Gasteiger charge is 2.47. The fourth-order valence-electron chi connectivity index (χ4n) is 4.84. The molecule has 0 bridgehead atoms. The maximum atomic E-state index is 12.3. The number of nitrogens with zero attached hydrogens (tertiary/aromatic N) is 2. The van der Waals surface area contributed by atoms with Crippen LogP contribution in [-0.4, -0.2) is 42.7 Å². The summed E-state index contributed by atoms with van der Waals surface area (Å²) >= 11 is 0. The zero-order valence-corrected chi connectivity index (χ0v) is 13.9. The Morgan fingerprint density at radius 1 is 1.27 bits per heavy atom. The van der Waals surface area contributed by atoms with Crippen LogP contribution in [0.5, 0.6) is 0 Å². The molecule has 2 amide bonds. The molecule has 3 rings (SSSR count). The number of aliphatic imine (C=N–C) groups is 1. The number of carbonyl (C=O) groups is 1. The largest absolute Gasteiger partial charge is 0.337 e. The average Bonchev–Trinajstić information content (AvgIpc) is 3.01. The van der Waals surface area contributed by atoms with E-state index in [1.165, 1.54) is 6.42 Å². The smallest absolute Gasteiger partial charge is 0.317 e. The summed E-state index contributed by atoms with van der Waals surface area (Å²) in [5.41, 5.74) is 0.128. The monoisotopic (exact) mass is 305 g/mol. The zero-order chi connectivity index (χ0) is 16.0. The van der Waals surface area contributed by atoms with Crippen LogP contribution in [0.15, 0.2) is 4.99 Å². The standard InChI is InChI=1S/C17H27N3O2/c1-16(2)5-14(19-11-21)6-17(3,9-16)10-18-15(22)20-7-12-4-13(12)8-20/h12-14H,4-10H2,1-3H3,(H,18,22). The molecule has 3 aliphatic rings. The Labute approximate surface area is 132 Å². The van der Waals surface area contributed by atoms with Gasteiger partial charge in [-0.05, 0) is 48.3 Å². The second kappa shape index (κ2) is 5.38. The zero-order valence-electron chi connectivity index (χ0n) is 13.9. The van der Waals surface area contributed by atoms with Gasteiger partial charge >= 0.3 is 6.03 Å². The summed E-state index contributed by atoms with van der Waals surface area (Å²) in [6.45, 7) is 9.14. The summed E-state index contributed by atoms with van der Waals surface area (Å²) < 4.78 is 0. The molecule has 1 N–H and O–H groups in total. The van der Waals surface area contributed by atoms with E-state index in [0.29, 0.717) is 6.54 Å². The van der Waals surface area contributed by atoms with Crippen molar-refractivity contribution in [3.05, 3.63) is 0 Å². The van der Waals surface area contributed by atoms with E-state index in [-0.39, 0.29) is 22.9 Å². The Hall–Kier alpha value is -1.35. The van der Waals surface area contributed by atoms with Crippen molar-refractivity contribution in [3.8, 4) is 0 Å². The molecule has 1 saturated heterocycles. The number of hydrogen-bond acceptors (Lipinski definition) is 3. The van der Waals surface area contributed by atoms with Gasteiger partial charge < -0.3 is 10.2 Å². The van der Waals surface area contributed by atoms with E-state index >= 15 is 0 Å². The van der Waals surface area contributed by atoms with Gasteiger partial charge in [0.1, 0.15) is 0 Å². The number of nitrogens with one attached hydrogen (secondary N) is 1. The minimum absolute atomic E-state index is 0.00886. The number of likely N-dealkylation sites (tertiary alicyclic amines) is 1. The molecule has 4 unspecified atom stereocenters. The summed E-state index contributed by atoms with van der Waals surface area (Å²) in [5, 5.41) is 3.12. The lowest BCUT2D eigenvalue weighted by Gasteiger charge is -2.45. The Balaban J connectivity index is 1.57. The molecule has 1 aliphatic heterocycles. The predicted molar refractivity (Wildman–Crippen MR) is 84.2 cm³/mol. The fourth-order valence-corrected chi connectivity index (χ4v) is 4.84. The number of carbonyl (C=O) groups excluding carboxylic acids is 2. The molecule has 0 aromatic rings. The molecular weight excluding hydrogens is 278 g/mol. The average molecular weight is 305 g/mol. The van der Waals surface area contributed by atoms with E-state index in [4.69, 9.17) is 0 Å². The third kappa shape index (κ3) is 3.35. The molecule has 0 radical (unpaired) electrons. The van der Waals surface area contributed by atoms with Crippen molar-refractivity contribution in [3.63, 3.8) is 0 Å². The first-order chi connectivity index (χ1) is 10.3. The molecule has 3 fully saturated rings. The lowest BCUT2D eigenvalue weighted by Crippen LogP contribution is -2.48. The SMILES string of the molecule is CC1(C)CC(N=C=O)CC(C)(CNC(=O)N2CC3CC3C2)C1. The lowest BCUT2D eigenvalue weighted by atomic mass is 9.63. The molecule has 2 aliphatic carbocycles. The highest BCUT2D eigenvalue weighted by atomic mass is 16.2. The van der Waals surface area contributed by atoms with Crippen molar-refractivity contribution < 1.29 is 9.59 Å². The van der Waals surface area contributed by atoms with Gasteiger partial charge in [0, 0.05) is 19.6 Å². The van der Waals surface area contributed by atoms with Gasteiger partial charge in [0.05, 0.1) is 6.04 Å². The number of urea groups is 1. The Morgan fingerprint density at radius 2 is 1.95 bits per heavy atom. The summed E-state index contributed by atoms with van der Waals surface area (Å²) in [6, 6.07) is 0.106. The molecule has 4 atom stereocenters. The van der Waals surface area contributed by atoms with Crippen LogP contribution in [0.25, 0.3) is 0 Å². The predicted octanol–water partition coefficient (Wildman–Crippen LogP) is 2.57. The van der Waals surface area contributed by atoms with E-state index in [0.717, 1.165) is 44.2 Å². The van der Waals surface area contributed by atoms with Gasteiger partial charge in [-0.25, -0.2) is 14.6 Å². The number of fused-ring (bicyclic) bond motifs is 1. The number of rotatable bonds is 3. The molecule has 2 saturated carbocycles. The summed E-state index contributed by atoms with van der Waals surface area (Å²) in [6.07, 6.45) is 5.82. The second-order valence-corrected chi connectivity index (χ2v) is 8.75. The summed E-state index contributed by atoms with van der Waals surface area (Å²) in [5.74, 6) is 1.53. The first-order valence-corrected chi connectivity index (χ1v) is 8.40. The quantitative estimate of drug-likeness (QED) is 0.643. The molecule has 22 heavy (non-hydrogen) atoms. The van der Waals surface area contributed by atoms with Gasteiger partial charge in [-0.3, -0.25) is 0 Å². The van der Waals surface area contributed by atoms with E-state index in [1.807, 2.05) is 4.90 Å². The van der Waals surface area contributed by atoms with E-state index < -0.39 is 0 Å². The van der Waals surface area contributed by atoms with Crippen molar-refractivity contribution in [2.45, 2.75) is 52.5 Å². The number of isocyanates is 1. The maximum absolute atomic E-state index is 12.3. The van der Waals surface area contributed by atoms with Gasteiger partial charge in [-0.15, -0.1) is 0 Å². The number of hydrogen-bond donors (Lipinski definition) is 1. The Morgan fingerprint density at radius 3 is 2.59 bits per heavy atom. The molecule has 0 aromatic carbocycles. The highest BCUT2D eigenvalue weighted by Crippen LogP contribution is 2.47. The van der Waals surface area contributed by atoms with Crippen molar-refractivity contribution in [1.29, 1.82) is 0 Å². The van der Waals surface area contributed by atoms with Gasteiger partial charge in [0.15, 0.2) is 0 Å². The maximum Gasteiger partial charge on any atom is 0.317 e. The van der Waals surface area contributed by atoms with Gasteiger partial charge in [-0.1, -0.05) is 20.8 Å². The summed E-state index contributed by atoms with van der Waals surface area (Å²) in [4.78, 5) is 28.8. The Bertz CT molecular complexity index is 502. The van der Waals surface area contributed by atoms with Crippen LogP contribution in [0.4, 0.5) is 4.79 Å². The number of amides is 2. The fraction of sp³-hybridized carbons (Fsp3) is 0.882. The van der Waals surface area contributed by atoms with Crippen LogP contribution < -0.4 is 5.32 Å². The molecule has 5 heteroatoms. The molecule has 5 nitrogen and oxygen atoms in total. The van der Waals surface area contributed by atoms with Gasteiger partial charge in [0.2, 0.25) is 6.08 Å². The first kappa shape index (κ1) is 15.5. The molecular formula is C17H27N3O2. The lowest BCUT2D eigenvalue weighted by molar-refractivity contribution is 0.0833. The van der Waals surface area contributed by atoms with Crippen LogP contribution >= 0.6 is 0 Å². The molecule has 0 spiro atoms. The second-order valence-electron chi connectivity index (χ2n) is 8.75. The number of piperidine rings is 1. The van der Waals surface area contributed by atoms with Crippen molar-refractivity contribution >= 4 is 12.1 Å². The van der Waals surface area contributed by atoms with Crippen LogP contribution in [0.2, 0.25) is 0 Å². The van der Waals surface area contributed by atoms with Crippen LogP contribution in [0.3, 0.4) is 0 Å². The summed E-state index contributed by atoms with van der Waals surface area (Å²) in [7, 11) is 0. The third-order valence-corrected chi connectivity index (χ3v) is 5.59. The molecule has 122 valence electrons. The van der Waals surface area contributed by atoms with Crippen molar-refractivity contribution in [2.24, 2.45) is 27.7 Å². The minimum Gasteiger partial charge on any atom is -0.337 e. The van der Waals surface area contributed by atoms with Crippen LogP contribution in [0.1, 0.15) is 46.5 Å². The first-order valence-electron chi connectivity index (χ1n) is 8.40. The topological polar surface area (TPSA) is 61.8 Å². The third-order valence-electron chi connectivity index (χ3n) is 5.59. The van der Waals surface area contributed by atoms with E-state index in [1.54, 1.807) is 6.08 Å².